The highest BCUT2D eigenvalue weighted by molar-refractivity contribution is 5.35. The summed E-state index contributed by atoms with van der Waals surface area (Å²) in [6, 6.07) is 2.85. The van der Waals surface area contributed by atoms with E-state index in [9.17, 15) is 0 Å². The summed E-state index contributed by atoms with van der Waals surface area (Å²) >= 11 is 0. The first-order chi connectivity index (χ1) is 7.42. The van der Waals surface area contributed by atoms with E-state index >= 15 is 0 Å². The van der Waals surface area contributed by atoms with Crippen LogP contribution in [0.25, 0.3) is 0 Å². The molecule has 15 heavy (non-hydrogen) atoms. The molecular formula is C12H16N2O. The predicted molar refractivity (Wildman–Crippen MR) is 58.2 cm³/mol. The van der Waals surface area contributed by atoms with Crippen LogP contribution in [0.3, 0.4) is 0 Å². The van der Waals surface area contributed by atoms with Crippen LogP contribution in [0.1, 0.15) is 24.1 Å². The monoisotopic (exact) mass is 204 g/mol. The van der Waals surface area contributed by atoms with E-state index in [0.29, 0.717) is 6.04 Å². The molecule has 0 radical (unpaired) electrons. The average molecular weight is 204 g/mol. The van der Waals surface area contributed by atoms with Gasteiger partial charge in [0.25, 0.3) is 0 Å². The molecule has 1 unspecified atom stereocenters. The summed E-state index contributed by atoms with van der Waals surface area (Å²) in [4.78, 5) is 4.45. The molecule has 2 aliphatic heterocycles. The van der Waals surface area contributed by atoms with E-state index in [0.717, 1.165) is 25.2 Å². The minimum Gasteiger partial charge on any atom is -0.491 e. The summed E-state index contributed by atoms with van der Waals surface area (Å²) in [6.45, 7) is 1.99. The van der Waals surface area contributed by atoms with E-state index in [2.05, 4.69) is 16.4 Å². The van der Waals surface area contributed by atoms with Crippen molar-refractivity contribution in [2.45, 2.75) is 31.7 Å². The Labute approximate surface area is 89.9 Å². The smallest absolute Gasteiger partial charge is 0.140 e. The molecule has 1 saturated heterocycles. The molecular weight excluding hydrogens is 188 g/mol. The molecule has 3 rings (SSSR count). The second kappa shape index (κ2) is 3.81. The van der Waals surface area contributed by atoms with Crippen molar-refractivity contribution in [3.8, 4) is 5.75 Å². The molecule has 0 amide bonds. The molecule has 0 aromatic carbocycles. The molecule has 1 aromatic rings. The highest BCUT2D eigenvalue weighted by Crippen LogP contribution is 2.25. The minimum absolute atomic E-state index is 0.637. The first-order valence-electron chi connectivity index (χ1n) is 5.76. The number of nitrogens with zero attached hydrogens (tertiary/aromatic N) is 1. The Kier molecular flexibility index (Phi) is 2.33. The minimum atomic E-state index is 0.637. The lowest BCUT2D eigenvalue weighted by Crippen LogP contribution is -2.24. The molecule has 1 aromatic heterocycles. The van der Waals surface area contributed by atoms with Gasteiger partial charge in [0, 0.05) is 30.1 Å². The Balaban J connectivity index is 1.75. The van der Waals surface area contributed by atoms with Gasteiger partial charge in [-0.05, 0) is 25.5 Å². The predicted octanol–water partition coefficient (Wildman–Crippen LogP) is 1.31. The summed E-state index contributed by atoms with van der Waals surface area (Å²) in [5, 5.41) is 3.50. The second-order valence-corrected chi connectivity index (χ2v) is 4.38. The lowest BCUT2D eigenvalue weighted by atomic mass is 10.1. The molecule has 0 spiro atoms. The molecule has 1 atom stereocenters. The standard InChI is InChI=1S/C12H16N2O/c1-2-10(13-4-1)7-11-6-9-3-5-15-12(9)8-14-11/h6,8,10,13H,1-5,7H2. The number of hydrogen-bond acceptors (Lipinski definition) is 3. The highest BCUT2D eigenvalue weighted by Gasteiger charge is 2.17. The zero-order valence-corrected chi connectivity index (χ0v) is 8.83. The number of nitrogens with one attached hydrogen (secondary N) is 1. The summed E-state index contributed by atoms with van der Waals surface area (Å²) in [5.41, 5.74) is 2.54. The summed E-state index contributed by atoms with van der Waals surface area (Å²) in [6.07, 6.45) is 6.58. The number of rotatable bonds is 2. The molecule has 0 bridgehead atoms. The Morgan fingerprint density at radius 1 is 1.53 bits per heavy atom. The summed E-state index contributed by atoms with van der Waals surface area (Å²) < 4.78 is 5.45. The normalized spacial score (nSPS) is 23.9. The van der Waals surface area contributed by atoms with Crippen LogP contribution in [0.5, 0.6) is 5.75 Å². The van der Waals surface area contributed by atoms with Gasteiger partial charge in [0.2, 0.25) is 0 Å². The number of fused-ring (bicyclic) bond motifs is 1. The molecule has 0 aliphatic carbocycles. The van der Waals surface area contributed by atoms with Crippen molar-refractivity contribution in [3.05, 3.63) is 23.5 Å². The number of aromatic nitrogens is 1. The molecule has 2 aliphatic rings. The number of ether oxygens (including phenoxy) is 1. The average Bonchev–Trinajstić information content (AvgIpc) is 2.87. The third-order valence-electron chi connectivity index (χ3n) is 3.25. The third kappa shape index (κ3) is 1.84. The molecule has 0 saturated carbocycles. The van der Waals surface area contributed by atoms with Gasteiger partial charge in [-0.1, -0.05) is 0 Å². The van der Waals surface area contributed by atoms with Crippen molar-refractivity contribution in [3.63, 3.8) is 0 Å². The van der Waals surface area contributed by atoms with Gasteiger partial charge in [-0.15, -0.1) is 0 Å². The maximum Gasteiger partial charge on any atom is 0.140 e. The van der Waals surface area contributed by atoms with Crippen LogP contribution >= 0.6 is 0 Å². The topological polar surface area (TPSA) is 34.2 Å². The molecule has 3 heteroatoms. The zero-order chi connectivity index (χ0) is 10.1. The molecule has 1 N–H and O–H groups in total. The van der Waals surface area contributed by atoms with Crippen molar-refractivity contribution >= 4 is 0 Å². The van der Waals surface area contributed by atoms with Crippen molar-refractivity contribution in [2.24, 2.45) is 0 Å². The molecule has 3 nitrogen and oxygen atoms in total. The Morgan fingerprint density at radius 2 is 2.53 bits per heavy atom. The first-order valence-corrected chi connectivity index (χ1v) is 5.76. The summed E-state index contributed by atoms with van der Waals surface area (Å²) in [7, 11) is 0. The van der Waals surface area contributed by atoms with E-state index in [1.165, 1.54) is 30.6 Å². The number of hydrogen-bond donors (Lipinski definition) is 1. The lowest BCUT2D eigenvalue weighted by Gasteiger charge is -2.09. The highest BCUT2D eigenvalue weighted by atomic mass is 16.5. The first kappa shape index (κ1) is 9.16. The van der Waals surface area contributed by atoms with E-state index in [1.54, 1.807) is 0 Å². The second-order valence-electron chi connectivity index (χ2n) is 4.38. The summed E-state index contributed by atoms with van der Waals surface area (Å²) in [5.74, 6) is 0.984. The molecule has 1 fully saturated rings. The van der Waals surface area contributed by atoms with Crippen LogP contribution in [-0.4, -0.2) is 24.2 Å². The number of pyridine rings is 1. The van der Waals surface area contributed by atoms with Crippen molar-refractivity contribution < 1.29 is 4.74 Å². The van der Waals surface area contributed by atoms with E-state index in [4.69, 9.17) is 4.74 Å². The van der Waals surface area contributed by atoms with Crippen LogP contribution in [0.15, 0.2) is 12.3 Å². The van der Waals surface area contributed by atoms with E-state index < -0.39 is 0 Å². The molecule has 80 valence electrons. The van der Waals surface area contributed by atoms with Gasteiger partial charge in [-0.25, -0.2) is 0 Å². The Morgan fingerprint density at radius 3 is 3.40 bits per heavy atom. The maximum absolute atomic E-state index is 5.45. The van der Waals surface area contributed by atoms with Crippen LogP contribution < -0.4 is 10.1 Å². The van der Waals surface area contributed by atoms with Crippen molar-refractivity contribution in [1.29, 1.82) is 0 Å². The lowest BCUT2D eigenvalue weighted by molar-refractivity contribution is 0.355. The largest absolute Gasteiger partial charge is 0.491 e. The van der Waals surface area contributed by atoms with Gasteiger partial charge in [0.1, 0.15) is 5.75 Å². The van der Waals surface area contributed by atoms with Crippen LogP contribution in [0.4, 0.5) is 0 Å². The fourth-order valence-corrected chi connectivity index (χ4v) is 2.43. The van der Waals surface area contributed by atoms with Gasteiger partial charge in [0.05, 0.1) is 12.8 Å². The Hall–Kier alpha value is -1.09. The van der Waals surface area contributed by atoms with E-state index in [-0.39, 0.29) is 0 Å². The van der Waals surface area contributed by atoms with Crippen molar-refractivity contribution in [1.82, 2.24) is 10.3 Å². The quantitative estimate of drug-likeness (QED) is 0.788. The van der Waals surface area contributed by atoms with Crippen LogP contribution in [0, 0.1) is 0 Å². The fraction of sp³-hybridized carbons (Fsp3) is 0.583. The van der Waals surface area contributed by atoms with Gasteiger partial charge in [0.15, 0.2) is 0 Å². The van der Waals surface area contributed by atoms with Crippen LogP contribution in [-0.2, 0) is 12.8 Å². The fourth-order valence-electron chi connectivity index (χ4n) is 2.43. The van der Waals surface area contributed by atoms with Gasteiger partial charge < -0.3 is 10.1 Å². The van der Waals surface area contributed by atoms with Gasteiger partial charge >= 0.3 is 0 Å². The van der Waals surface area contributed by atoms with Gasteiger partial charge in [-0.3, -0.25) is 4.98 Å². The van der Waals surface area contributed by atoms with Gasteiger partial charge in [-0.2, -0.15) is 0 Å². The van der Waals surface area contributed by atoms with E-state index in [1.807, 2.05) is 6.20 Å². The Bertz CT molecular complexity index is 359. The molecule has 3 heterocycles. The third-order valence-corrected chi connectivity index (χ3v) is 3.25. The maximum atomic E-state index is 5.45. The van der Waals surface area contributed by atoms with Crippen LogP contribution in [0.2, 0.25) is 0 Å². The zero-order valence-electron chi connectivity index (χ0n) is 8.83. The van der Waals surface area contributed by atoms with Crippen molar-refractivity contribution in [2.75, 3.05) is 13.2 Å². The SMILES string of the molecule is c1c(CC2CCCN2)ncc2c1CCO2.